The molecule has 6 heteroatoms. The van der Waals surface area contributed by atoms with E-state index in [1.54, 1.807) is 6.20 Å². The lowest BCUT2D eigenvalue weighted by molar-refractivity contribution is -0.123. The summed E-state index contributed by atoms with van der Waals surface area (Å²) in [5.74, 6) is 1.49. The molecule has 1 aromatic carbocycles. The maximum Gasteiger partial charge on any atom is 0.258 e. The Kier molecular flexibility index (Phi) is 6.65. The molecule has 3 rings (SSSR count). The van der Waals surface area contributed by atoms with Crippen molar-refractivity contribution in [2.24, 2.45) is 0 Å². The smallest absolute Gasteiger partial charge is 0.258 e. The zero-order chi connectivity index (χ0) is 19.1. The van der Waals surface area contributed by atoms with E-state index in [2.05, 4.69) is 29.0 Å². The van der Waals surface area contributed by atoms with Crippen molar-refractivity contribution in [2.75, 3.05) is 31.2 Å². The molecule has 0 aliphatic carbocycles. The molecule has 2 heterocycles. The average molecular weight is 369 g/mol. The van der Waals surface area contributed by atoms with E-state index in [1.165, 1.54) is 5.56 Å². The minimum Gasteiger partial charge on any atom is -0.484 e. The van der Waals surface area contributed by atoms with Gasteiger partial charge in [-0.1, -0.05) is 25.1 Å². The summed E-state index contributed by atoms with van der Waals surface area (Å²) in [4.78, 5) is 18.7. The molecule has 1 aliphatic rings. The number of ether oxygens (including phenoxy) is 2. The standard InChI is InChI=1S/C21H27N3O3/c1-3-17-4-7-19(8-5-17)27-15-21(25)23-13-18-6-9-20(22-12-18)24-10-11-26-16(2)14-24/h4-9,12,16H,3,10-11,13-15H2,1-2H3,(H,23,25). The molecular formula is C21H27N3O3. The highest BCUT2D eigenvalue weighted by Crippen LogP contribution is 2.15. The van der Waals surface area contributed by atoms with Gasteiger partial charge in [-0.15, -0.1) is 0 Å². The number of rotatable bonds is 7. The van der Waals surface area contributed by atoms with Crippen LogP contribution in [0.5, 0.6) is 5.75 Å². The molecule has 1 aromatic heterocycles. The number of anilines is 1. The summed E-state index contributed by atoms with van der Waals surface area (Å²) in [6, 6.07) is 11.8. The van der Waals surface area contributed by atoms with Crippen LogP contribution in [0.25, 0.3) is 0 Å². The molecule has 27 heavy (non-hydrogen) atoms. The van der Waals surface area contributed by atoms with Gasteiger partial charge in [-0.25, -0.2) is 4.98 Å². The van der Waals surface area contributed by atoms with E-state index in [0.29, 0.717) is 12.3 Å². The molecule has 1 saturated heterocycles. The number of carbonyl (C=O) groups is 1. The number of amides is 1. The first-order valence-electron chi connectivity index (χ1n) is 9.44. The Balaban J connectivity index is 1.43. The molecule has 1 N–H and O–H groups in total. The largest absolute Gasteiger partial charge is 0.484 e. The number of hydrogen-bond donors (Lipinski definition) is 1. The number of benzene rings is 1. The summed E-state index contributed by atoms with van der Waals surface area (Å²) in [7, 11) is 0. The molecule has 144 valence electrons. The Morgan fingerprint density at radius 2 is 2.04 bits per heavy atom. The molecule has 0 saturated carbocycles. The van der Waals surface area contributed by atoms with Gasteiger partial charge in [-0.05, 0) is 42.7 Å². The van der Waals surface area contributed by atoms with Gasteiger partial charge in [0.25, 0.3) is 5.91 Å². The van der Waals surface area contributed by atoms with E-state index < -0.39 is 0 Å². The van der Waals surface area contributed by atoms with Crippen LogP contribution in [0.3, 0.4) is 0 Å². The second-order valence-corrected chi connectivity index (χ2v) is 6.71. The lowest BCUT2D eigenvalue weighted by Crippen LogP contribution is -2.41. The van der Waals surface area contributed by atoms with Gasteiger partial charge >= 0.3 is 0 Å². The van der Waals surface area contributed by atoms with Gasteiger partial charge in [0, 0.05) is 25.8 Å². The quantitative estimate of drug-likeness (QED) is 0.813. The van der Waals surface area contributed by atoms with E-state index >= 15 is 0 Å². The Morgan fingerprint density at radius 1 is 1.26 bits per heavy atom. The summed E-state index contributed by atoms with van der Waals surface area (Å²) >= 11 is 0. The maximum absolute atomic E-state index is 12.0. The van der Waals surface area contributed by atoms with Crippen molar-refractivity contribution >= 4 is 11.7 Å². The summed E-state index contributed by atoms with van der Waals surface area (Å²) < 4.78 is 11.1. The zero-order valence-corrected chi connectivity index (χ0v) is 16.0. The van der Waals surface area contributed by atoms with E-state index in [1.807, 2.05) is 36.4 Å². The number of carbonyl (C=O) groups excluding carboxylic acids is 1. The normalized spacial score (nSPS) is 16.8. The third-order valence-corrected chi connectivity index (χ3v) is 4.57. The van der Waals surface area contributed by atoms with Gasteiger partial charge in [-0.2, -0.15) is 0 Å². The summed E-state index contributed by atoms with van der Waals surface area (Å²) in [5, 5.41) is 2.86. The number of aryl methyl sites for hydroxylation is 1. The second-order valence-electron chi connectivity index (χ2n) is 6.71. The third-order valence-electron chi connectivity index (χ3n) is 4.57. The van der Waals surface area contributed by atoms with Crippen molar-refractivity contribution in [1.29, 1.82) is 0 Å². The summed E-state index contributed by atoms with van der Waals surface area (Å²) in [6.45, 7) is 7.03. The molecule has 1 amide bonds. The number of nitrogens with zero attached hydrogens (tertiary/aromatic N) is 2. The van der Waals surface area contributed by atoms with Crippen LogP contribution in [-0.2, 0) is 22.5 Å². The maximum atomic E-state index is 12.0. The molecule has 6 nitrogen and oxygen atoms in total. The fourth-order valence-electron chi connectivity index (χ4n) is 2.96. The van der Waals surface area contributed by atoms with Crippen LogP contribution in [0, 0.1) is 0 Å². The van der Waals surface area contributed by atoms with Crippen molar-refractivity contribution in [3.63, 3.8) is 0 Å². The van der Waals surface area contributed by atoms with Gasteiger partial charge in [-0.3, -0.25) is 4.79 Å². The molecule has 1 atom stereocenters. The molecule has 2 aromatic rings. The zero-order valence-electron chi connectivity index (χ0n) is 16.0. The second kappa shape index (κ2) is 9.37. The SMILES string of the molecule is CCc1ccc(OCC(=O)NCc2ccc(N3CCOC(C)C3)nc2)cc1. The summed E-state index contributed by atoms with van der Waals surface area (Å²) in [6.07, 6.45) is 3.01. The Hall–Kier alpha value is -2.60. The molecule has 0 spiro atoms. The van der Waals surface area contributed by atoms with E-state index in [0.717, 1.165) is 37.5 Å². The van der Waals surface area contributed by atoms with Crippen molar-refractivity contribution in [3.8, 4) is 5.75 Å². The van der Waals surface area contributed by atoms with Gasteiger partial charge < -0.3 is 19.7 Å². The van der Waals surface area contributed by atoms with Crippen molar-refractivity contribution in [3.05, 3.63) is 53.7 Å². The predicted octanol–water partition coefficient (Wildman–Crippen LogP) is 2.56. The molecular weight excluding hydrogens is 342 g/mol. The van der Waals surface area contributed by atoms with Crippen molar-refractivity contribution in [1.82, 2.24) is 10.3 Å². The highest BCUT2D eigenvalue weighted by Gasteiger charge is 2.17. The van der Waals surface area contributed by atoms with Crippen molar-refractivity contribution in [2.45, 2.75) is 32.9 Å². The Bertz CT molecular complexity index is 731. The van der Waals surface area contributed by atoms with Crippen LogP contribution >= 0.6 is 0 Å². The third kappa shape index (κ3) is 5.69. The van der Waals surface area contributed by atoms with Gasteiger partial charge in [0.15, 0.2) is 6.61 Å². The molecule has 0 radical (unpaired) electrons. The van der Waals surface area contributed by atoms with E-state index in [4.69, 9.17) is 9.47 Å². The van der Waals surface area contributed by atoms with Gasteiger partial charge in [0.05, 0.1) is 12.7 Å². The molecule has 1 fully saturated rings. The lowest BCUT2D eigenvalue weighted by atomic mass is 10.2. The first-order valence-corrected chi connectivity index (χ1v) is 9.44. The molecule has 0 bridgehead atoms. The number of nitrogens with one attached hydrogen (secondary N) is 1. The fraction of sp³-hybridized carbons (Fsp3) is 0.429. The van der Waals surface area contributed by atoms with Crippen LogP contribution in [0.1, 0.15) is 25.0 Å². The first kappa shape index (κ1) is 19.2. The van der Waals surface area contributed by atoms with Crippen LogP contribution in [0.15, 0.2) is 42.6 Å². The number of hydrogen-bond acceptors (Lipinski definition) is 5. The minimum atomic E-state index is -0.152. The van der Waals surface area contributed by atoms with Crippen LogP contribution in [-0.4, -0.2) is 43.3 Å². The Labute approximate surface area is 160 Å². The van der Waals surface area contributed by atoms with Gasteiger partial charge in [0.2, 0.25) is 0 Å². The summed E-state index contributed by atoms with van der Waals surface area (Å²) in [5.41, 5.74) is 2.20. The molecule has 1 aliphatic heterocycles. The number of pyridine rings is 1. The van der Waals surface area contributed by atoms with Crippen LogP contribution in [0.2, 0.25) is 0 Å². The first-order chi connectivity index (χ1) is 13.1. The minimum absolute atomic E-state index is 0.00263. The van der Waals surface area contributed by atoms with Crippen LogP contribution in [0.4, 0.5) is 5.82 Å². The molecule has 1 unspecified atom stereocenters. The number of aromatic nitrogens is 1. The van der Waals surface area contributed by atoms with E-state index in [-0.39, 0.29) is 18.6 Å². The number of morpholine rings is 1. The fourth-order valence-corrected chi connectivity index (χ4v) is 2.96. The van der Waals surface area contributed by atoms with Crippen molar-refractivity contribution < 1.29 is 14.3 Å². The average Bonchev–Trinajstić information content (AvgIpc) is 2.71. The predicted molar refractivity (Wildman–Crippen MR) is 105 cm³/mol. The Morgan fingerprint density at radius 3 is 2.70 bits per heavy atom. The monoisotopic (exact) mass is 369 g/mol. The highest BCUT2D eigenvalue weighted by atomic mass is 16.5. The van der Waals surface area contributed by atoms with Gasteiger partial charge in [0.1, 0.15) is 11.6 Å². The van der Waals surface area contributed by atoms with Crippen LogP contribution < -0.4 is 15.0 Å². The van der Waals surface area contributed by atoms with E-state index in [9.17, 15) is 4.79 Å². The lowest BCUT2D eigenvalue weighted by Gasteiger charge is -2.32. The topological polar surface area (TPSA) is 63.7 Å². The highest BCUT2D eigenvalue weighted by molar-refractivity contribution is 5.77.